The van der Waals surface area contributed by atoms with Crippen molar-refractivity contribution in [2.24, 2.45) is 5.73 Å². The molecule has 3 N–H and O–H groups in total. The Morgan fingerprint density at radius 1 is 1.75 bits per heavy atom. The number of hydrogen-bond acceptors (Lipinski definition) is 4. The van der Waals surface area contributed by atoms with E-state index >= 15 is 0 Å². The van der Waals surface area contributed by atoms with E-state index in [2.05, 4.69) is 5.32 Å². The summed E-state index contributed by atoms with van der Waals surface area (Å²) in [7, 11) is 0. The second kappa shape index (κ2) is 5.27. The largest absolute Gasteiger partial charge is 0.443 e. The van der Waals surface area contributed by atoms with Gasteiger partial charge in [0.25, 0.3) is 0 Å². The van der Waals surface area contributed by atoms with Gasteiger partial charge >= 0.3 is 6.09 Å². The summed E-state index contributed by atoms with van der Waals surface area (Å²) >= 11 is 1.78. The Labute approximate surface area is 76.2 Å². The van der Waals surface area contributed by atoms with Crippen molar-refractivity contribution < 1.29 is 9.53 Å². The molecule has 70 valence electrons. The molecule has 0 bridgehead atoms. The smallest absolute Gasteiger partial charge is 0.407 e. The minimum atomic E-state index is -0.292. The van der Waals surface area contributed by atoms with Gasteiger partial charge in [0.2, 0.25) is 0 Å². The molecular weight excluding hydrogens is 176 g/mol. The van der Waals surface area contributed by atoms with Crippen LogP contribution in [0.4, 0.5) is 4.79 Å². The molecule has 0 aromatic heterocycles. The van der Waals surface area contributed by atoms with E-state index in [1.54, 1.807) is 11.8 Å². The Bertz CT molecular complexity index is 154. The molecule has 1 aliphatic heterocycles. The lowest BCUT2D eigenvalue weighted by Crippen LogP contribution is -2.17. The van der Waals surface area contributed by atoms with Crippen LogP contribution in [0.1, 0.15) is 6.42 Å². The molecule has 0 saturated carbocycles. The summed E-state index contributed by atoms with van der Waals surface area (Å²) in [6.45, 7) is 1.38. The number of nitrogens with two attached hydrogens (primary N) is 1. The van der Waals surface area contributed by atoms with Crippen LogP contribution in [-0.4, -0.2) is 36.8 Å². The number of alkyl carbamates (subject to hydrolysis) is 1. The minimum absolute atomic E-state index is 0.0558. The molecule has 1 aliphatic rings. The maximum Gasteiger partial charge on any atom is 0.407 e. The van der Waals surface area contributed by atoms with Gasteiger partial charge in [-0.05, 0) is 18.7 Å². The molecular formula is C7H14N2O2S. The summed E-state index contributed by atoms with van der Waals surface area (Å²) in [5, 5.41) is 2.61. The van der Waals surface area contributed by atoms with Gasteiger partial charge < -0.3 is 15.8 Å². The lowest BCUT2D eigenvalue weighted by molar-refractivity contribution is 0.150. The Morgan fingerprint density at radius 2 is 2.58 bits per heavy atom. The van der Waals surface area contributed by atoms with Gasteiger partial charge in [0.05, 0.1) is 6.54 Å². The first kappa shape index (κ1) is 9.67. The number of hydrogen-bond donors (Lipinski definition) is 2. The summed E-state index contributed by atoms with van der Waals surface area (Å²) in [6.07, 6.45) is 0.790. The zero-order valence-corrected chi connectivity index (χ0v) is 7.73. The van der Waals surface area contributed by atoms with Crippen LogP contribution in [0.5, 0.6) is 0 Å². The van der Waals surface area contributed by atoms with Crippen LogP contribution >= 0.6 is 11.8 Å². The summed E-state index contributed by atoms with van der Waals surface area (Å²) in [5.74, 6) is 1.92. The van der Waals surface area contributed by atoms with E-state index in [0.717, 1.165) is 24.5 Å². The number of carbonyl (C=O) groups is 1. The van der Waals surface area contributed by atoms with Crippen molar-refractivity contribution in [1.82, 2.24) is 5.32 Å². The van der Waals surface area contributed by atoms with Crippen molar-refractivity contribution in [3.05, 3.63) is 0 Å². The maximum atomic E-state index is 10.6. The van der Waals surface area contributed by atoms with Gasteiger partial charge in [-0.1, -0.05) is 0 Å². The van der Waals surface area contributed by atoms with Crippen molar-refractivity contribution in [3.8, 4) is 0 Å². The van der Waals surface area contributed by atoms with E-state index in [1.807, 2.05) is 0 Å². The molecule has 0 aromatic carbocycles. The highest BCUT2D eigenvalue weighted by atomic mass is 32.2. The summed E-state index contributed by atoms with van der Waals surface area (Å²) in [4.78, 5) is 10.6. The molecule has 1 heterocycles. The minimum Gasteiger partial charge on any atom is -0.443 e. The van der Waals surface area contributed by atoms with Crippen LogP contribution in [0.3, 0.4) is 0 Å². The topological polar surface area (TPSA) is 64.3 Å². The molecule has 12 heavy (non-hydrogen) atoms. The fourth-order valence-electron chi connectivity index (χ4n) is 0.925. The molecule has 5 heteroatoms. The fourth-order valence-corrected chi connectivity index (χ4v) is 1.91. The highest BCUT2D eigenvalue weighted by molar-refractivity contribution is 7.99. The molecule has 0 radical (unpaired) electrons. The van der Waals surface area contributed by atoms with E-state index in [0.29, 0.717) is 6.54 Å². The quantitative estimate of drug-likeness (QED) is 0.607. The van der Waals surface area contributed by atoms with Crippen molar-refractivity contribution >= 4 is 17.9 Å². The maximum absolute atomic E-state index is 10.6. The van der Waals surface area contributed by atoms with Crippen molar-refractivity contribution in [2.75, 3.05) is 24.6 Å². The van der Waals surface area contributed by atoms with Crippen LogP contribution in [0.25, 0.3) is 0 Å². The van der Waals surface area contributed by atoms with E-state index in [1.165, 1.54) is 0 Å². The number of carbonyl (C=O) groups excluding carboxylic acids is 1. The van der Waals surface area contributed by atoms with Crippen LogP contribution in [-0.2, 0) is 4.74 Å². The predicted octanol–water partition coefficient (Wildman–Crippen LogP) is 0.177. The van der Waals surface area contributed by atoms with E-state index in [-0.39, 0.29) is 12.2 Å². The van der Waals surface area contributed by atoms with Gasteiger partial charge in [-0.3, -0.25) is 0 Å². The van der Waals surface area contributed by atoms with Gasteiger partial charge in [-0.15, -0.1) is 0 Å². The summed E-state index contributed by atoms with van der Waals surface area (Å²) < 4.78 is 4.94. The van der Waals surface area contributed by atoms with Gasteiger partial charge in [-0.2, -0.15) is 11.8 Å². The van der Waals surface area contributed by atoms with Gasteiger partial charge in [0.15, 0.2) is 0 Å². The number of cyclic esters (lactones) is 1. The SMILES string of the molecule is NCCCSCC1CNC(=O)O1. The lowest BCUT2D eigenvalue weighted by Gasteiger charge is -2.05. The number of nitrogens with one attached hydrogen (secondary N) is 1. The molecule has 1 rings (SSSR count). The van der Waals surface area contributed by atoms with Crippen molar-refractivity contribution in [3.63, 3.8) is 0 Å². The molecule has 0 aliphatic carbocycles. The average Bonchev–Trinajstić information content (AvgIpc) is 2.45. The Kier molecular flexibility index (Phi) is 4.24. The number of amides is 1. The van der Waals surface area contributed by atoms with Crippen LogP contribution in [0.15, 0.2) is 0 Å². The standard InChI is InChI=1S/C7H14N2O2S/c8-2-1-3-12-5-6-4-9-7(10)11-6/h6H,1-5,8H2,(H,9,10). The second-order valence-electron chi connectivity index (χ2n) is 2.63. The van der Waals surface area contributed by atoms with Crippen molar-refractivity contribution in [1.29, 1.82) is 0 Å². The Morgan fingerprint density at radius 3 is 3.17 bits per heavy atom. The first-order chi connectivity index (χ1) is 5.83. The normalized spacial score (nSPS) is 22.1. The van der Waals surface area contributed by atoms with Gasteiger partial charge in [-0.25, -0.2) is 4.79 Å². The second-order valence-corrected chi connectivity index (χ2v) is 3.78. The average molecular weight is 190 g/mol. The van der Waals surface area contributed by atoms with E-state index < -0.39 is 0 Å². The molecule has 1 unspecified atom stereocenters. The number of rotatable bonds is 5. The predicted molar refractivity (Wildman–Crippen MR) is 49.3 cm³/mol. The molecule has 1 saturated heterocycles. The molecule has 0 aromatic rings. The third kappa shape index (κ3) is 3.32. The highest BCUT2D eigenvalue weighted by Crippen LogP contribution is 2.09. The van der Waals surface area contributed by atoms with Gasteiger partial charge in [0.1, 0.15) is 6.10 Å². The van der Waals surface area contributed by atoms with Crippen LogP contribution in [0.2, 0.25) is 0 Å². The lowest BCUT2D eigenvalue weighted by atomic mass is 10.4. The molecule has 1 amide bonds. The third-order valence-corrected chi connectivity index (χ3v) is 2.73. The van der Waals surface area contributed by atoms with E-state index in [9.17, 15) is 4.79 Å². The highest BCUT2D eigenvalue weighted by Gasteiger charge is 2.21. The Hall–Kier alpha value is -0.420. The molecule has 0 spiro atoms. The summed E-state index contributed by atoms with van der Waals surface area (Å²) in [5.41, 5.74) is 5.33. The van der Waals surface area contributed by atoms with E-state index in [4.69, 9.17) is 10.5 Å². The monoisotopic (exact) mass is 190 g/mol. The zero-order valence-electron chi connectivity index (χ0n) is 6.91. The first-order valence-electron chi connectivity index (χ1n) is 4.05. The first-order valence-corrected chi connectivity index (χ1v) is 5.20. The summed E-state index contributed by atoms with van der Waals surface area (Å²) in [6, 6.07) is 0. The number of thioether (sulfide) groups is 1. The van der Waals surface area contributed by atoms with Crippen LogP contribution in [0, 0.1) is 0 Å². The Balaban J connectivity index is 1.97. The fraction of sp³-hybridized carbons (Fsp3) is 0.857. The van der Waals surface area contributed by atoms with Gasteiger partial charge in [0, 0.05) is 5.75 Å². The zero-order chi connectivity index (χ0) is 8.81. The molecule has 1 atom stereocenters. The van der Waals surface area contributed by atoms with Crippen molar-refractivity contribution in [2.45, 2.75) is 12.5 Å². The number of ether oxygens (including phenoxy) is 1. The molecule has 4 nitrogen and oxygen atoms in total. The van der Waals surface area contributed by atoms with Crippen LogP contribution < -0.4 is 11.1 Å². The third-order valence-electron chi connectivity index (χ3n) is 1.54. The molecule has 1 fully saturated rings.